The summed E-state index contributed by atoms with van der Waals surface area (Å²) in [6.07, 6.45) is 2.91. The lowest BCUT2D eigenvalue weighted by atomic mass is 10.2. The zero-order valence-electron chi connectivity index (χ0n) is 15.4. The first-order valence-corrected chi connectivity index (χ1v) is 8.81. The molecule has 0 radical (unpaired) electrons. The normalized spacial score (nSPS) is 10.2. The molecule has 1 aromatic heterocycles. The van der Waals surface area contributed by atoms with Crippen LogP contribution < -0.4 is 20.1 Å². The van der Waals surface area contributed by atoms with E-state index in [0.717, 1.165) is 5.56 Å². The highest BCUT2D eigenvalue weighted by atomic mass is 35.5. The van der Waals surface area contributed by atoms with Gasteiger partial charge in [-0.2, -0.15) is 0 Å². The van der Waals surface area contributed by atoms with E-state index in [1.54, 1.807) is 25.3 Å². The lowest BCUT2D eigenvalue weighted by Gasteiger charge is -2.10. The van der Waals surface area contributed by atoms with Gasteiger partial charge in [0.2, 0.25) is 0 Å². The molecule has 3 aromatic rings. The highest BCUT2D eigenvalue weighted by molar-refractivity contribution is 6.31. The second kappa shape index (κ2) is 9.05. The van der Waals surface area contributed by atoms with E-state index in [2.05, 4.69) is 20.6 Å². The van der Waals surface area contributed by atoms with Gasteiger partial charge >= 0.3 is 0 Å². The number of benzene rings is 2. The van der Waals surface area contributed by atoms with E-state index in [1.807, 2.05) is 24.3 Å². The van der Waals surface area contributed by atoms with Gasteiger partial charge in [-0.05, 0) is 23.8 Å². The molecule has 0 fully saturated rings. The monoisotopic (exact) mass is 398 g/mol. The van der Waals surface area contributed by atoms with Crippen LogP contribution in [0.3, 0.4) is 0 Å². The van der Waals surface area contributed by atoms with Crippen molar-refractivity contribution in [2.24, 2.45) is 0 Å². The van der Waals surface area contributed by atoms with Gasteiger partial charge in [-0.3, -0.25) is 4.79 Å². The van der Waals surface area contributed by atoms with E-state index in [9.17, 15) is 4.79 Å². The topological polar surface area (TPSA) is 85.4 Å². The molecule has 0 saturated heterocycles. The third-order valence-corrected chi connectivity index (χ3v) is 4.31. The molecule has 7 nitrogen and oxygen atoms in total. The number of hydrogen-bond acceptors (Lipinski definition) is 6. The Bertz CT molecular complexity index is 964. The third kappa shape index (κ3) is 4.69. The van der Waals surface area contributed by atoms with Gasteiger partial charge in [-0.25, -0.2) is 9.97 Å². The average molecular weight is 399 g/mol. The number of nitrogens with zero attached hydrogens (tertiary/aromatic N) is 2. The first-order chi connectivity index (χ1) is 13.6. The van der Waals surface area contributed by atoms with E-state index in [-0.39, 0.29) is 11.6 Å². The van der Waals surface area contributed by atoms with Crippen LogP contribution in [-0.2, 0) is 6.54 Å². The highest BCUT2D eigenvalue weighted by Gasteiger charge is 2.11. The van der Waals surface area contributed by atoms with Gasteiger partial charge in [0.25, 0.3) is 5.91 Å². The van der Waals surface area contributed by atoms with Crippen molar-refractivity contribution >= 4 is 29.0 Å². The second-order valence-electron chi connectivity index (χ2n) is 5.76. The lowest BCUT2D eigenvalue weighted by molar-refractivity contribution is 0.102. The molecule has 3 rings (SSSR count). The van der Waals surface area contributed by atoms with Crippen molar-refractivity contribution in [3.05, 3.63) is 71.1 Å². The molecular weight excluding hydrogens is 380 g/mol. The van der Waals surface area contributed by atoms with E-state index >= 15 is 0 Å². The molecule has 0 bridgehead atoms. The Hall–Kier alpha value is -3.32. The van der Waals surface area contributed by atoms with Crippen molar-refractivity contribution in [1.82, 2.24) is 9.97 Å². The zero-order valence-corrected chi connectivity index (χ0v) is 16.2. The van der Waals surface area contributed by atoms with Crippen LogP contribution in [0, 0.1) is 0 Å². The molecule has 8 heteroatoms. The summed E-state index contributed by atoms with van der Waals surface area (Å²) in [5.74, 6) is 1.26. The number of ether oxygens (including phenoxy) is 2. The molecule has 0 unspecified atom stereocenters. The number of rotatable bonds is 7. The Morgan fingerprint density at radius 3 is 2.50 bits per heavy atom. The number of carbonyl (C=O) groups excluding carboxylic acids is 1. The van der Waals surface area contributed by atoms with Crippen LogP contribution in [0.1, 0.15) is 16.1 Å². The molecule has 0 atom stereocenters. The highest BCUT2D eigenvalue weighted by Crippen LogP contribution is 2.29. The van der Waals surface area contributed by atoms with Crippen molar-refractivity contribution in [3.63, 3.8) is 0 Å². The fraction of sp³-hybridized carbons (Fsp3) is 0.150. The summed E-state index contributed by atoms with van der Waals surface area (Å²) in [5.41, 5.74) is 1.70. The lowest BCUT2D eigenvalue weighted by Crippen LogP contribution is -2.14. The second-order valence-corrected chi connectivity index (χ2v) is 6.16. The molecule has 144 valence electrons. The molecule has 2 N–H and O–H groups in total. The Labute approximate surface area is 167 Å². The number of halogens is 1. The van der Waals surface area contributed by atoms with Crippen LogP contribution in [0.4, 0.5) is 11.5 Å². The maximum Gasteiger partial charge on any atom is 0.275 e. The van der Waals surface area contributed by atoms with Gasteiger partial charge in [-0.15, -0.1) is 0 Å². The Balaban J connectivity index is 1.63. The summed E-state index contributed by atoms with van der Waals surface area (Å²) in [6.45, 7) is 0.505. The Morgan fingerprint density at radius 2 is 1.82 bits per heavy atom. The number of hydrogen-bond donors (Lipinski definition) is 2. The van der Waals surface area contributed by atoms with Crippen LogP contribution in [0.5, 0.6) is 11.5 Å². The van der Waals surface area contributed by atoms with Gasteiger partial charge < -0.3 is 20.1 Å². The third-order valence-electron chi connectivity index (χ3n) is 3.94. The number of amides is 1. The summed E-state index contributed by atoms with van der Waals surface area (Å²) < 4.78 is 10.4. The molecule has 0 aliphatic rings. The van der Waals surface area contributed by atoms with E-state index in [1.165, 1.54) is 19.5 Å². The van der Waals surface area contributed by atoms with E-state index < -0.39 is 0 Å². The molecule has 1 heterocycles. The molecule has 28 heavy (non-hydrogen) atoms. The van der Waals surface area contributed by atoms with Crippen molar-refractivity contribution in [1.29, 1.82) is 0 Å². The molecule has 2 aromatic carbocycles. The summed E-state index contributed by atoms with van der Waals surface area (Å²) in [5, 5.41) is 6.55. The number of methoxy groups -OCH3 is 2. The van der Waals surface area contributed by atoms with Crippen molar-refractivity contribution < 1.29 is 14.3 Å². The Morgan fingerprint density at radius 1 is 1.04 bits per heavy atom. The fourth-order valence-electron chi connectivity index (χ4n) is 2.47. The number of nitrogens with one attached hydrogen (secondary N) is 2. The summed E-state index contributed by atoms with van der Waals surface area (Å²) in [7, 11) is 3.08. The molecule has 0 saturated carbocycles. The van der Waals surface area contributed by atoms with Gasteiger partial charge in [0.1, 0.15) is 11.5 Å². The summed E-state index contributed by atoms with van der Waals surface area (Å²) in [4.78, 5) is 20.8. The van der Waals surface area contributed by atoms with Gasteiger partial charge in [0, 0.05) is 23.3 Å². The first kappa shape index (κ1) is 19.4. The van der Waals surface area contributed by atoms with E-state index in [4.69, 9.17) is 21.1 Å². The zero-order chi connectivity index (χ0) is 19.9. The number of aromatic nitrogens is 2. The molecule has 0 aliphatic carbocycles. The van der Waals surface area contributed by atoms with Crippen LogP contribution in [-0.4, -0.2) is 30.1 Å². The quantitative estimate of drug-likeness (QED) is 0.625. The Kier molecular flexibility index (Phi) is 6.29. The van der Waals surface area contributed by atoms with Gasteiger partial charge in [-0.1, -0.05) is 29.8 Å². The van der Waals surface area contributed by atoms with Crippen LogP contribution in [0.2, 0.25) is 5.02 Å². The van der Waals surface area contributed by atoms with Crippen molar-refractivity contribution in [3.8, 4) is 11.5 Å². The van der Waals surface area contributed by atoms with E-state index in [0.29, 0.717) is 34.6 Å². The summed E-state index contributed by atoms with van der Waals surface area (Å²) >= 11 is 6.13. The van der Waals surface area contributed by atoms with Crippen LogP contribution in [0.25, 0.3) is 0 Å². The molecule has 0 spiro atoms. The minimum Gasteiger partial charge on any atom is -0.493 e. The molecule has 0 aliphatic heterocycles. The predicted octanol–water partition coefficient (Wildman–Crippen LogP) is 4.01. The molecule has 1 amide bonds. The van der Waals surface area contributed by atoms with Crippen molar-refractivity contribution in [2.75, 3.05) is 24.9 Å². The SMILES string of the molecule is COc1ccc(NC(=O)c2cnc(NCc3ccccc3Cl)cn2)cc1OC. The summed E-state index contributed by atoms with van der Waals surface area (Å²) in [6, 6.07) is 12.6. The van der Waals surface area contributed by atoms with Crippen molar-refractivity contribution in [2.45, 2.75) is 6.54 Å². The van der Waals surface area contributed by atoms with Crippen LogP contribution >= 0.6 is 11.6 Å². The van der Waals surface area contributed by atoms with Gasteiger partial charge in [0.15, 0.2) is 11.5 Å². The number of carbonyl (C=O) groups is 1. The van der Waals surface area contributed by atoms with Crippen LogP contribution in [0.15, 0.2) is 54.9 Å². The maximum atomic E-state index is 12.4. The standard InChI is InChI=1S/C20H19ClN4O3/c1-27-17-8-7-14(9-18(17)28-2)25-20(26)16-11-24-19(12-22-16)23-10-13-5-3-4-6-15(13)21/h3-9,11-12H,10H2,1-2H3,(H,23,24)(H,25,26). The molecular formula is C20H19ClN4O3. The van der Waals surface area contributed by atoms with Gasteiger partial charge in [0.05, 0.1) is 26.6 Å². The fourth-order valence-corrected chi connectivity index (χ4v) is 2.68. The average Bonchev–Trinajstić information content (AvgIpc) is 2.73. The first-order valence-electron chi connectivity index (χ1n) is 8.43. The predicted molar refractivity (Wildman–Crippen MR) is 108 cm³/mol. The smallest absolute Gasteiger partial charge is 0.275 e. The largest absolute Gasteiger partial charge is 0.493 e. The number of anilines is 2. The maximum absolute atomic E-state index is 12.4. The minimum absolute atomic E-state index is 0.193. The minimum atomic E-state index is -0.377.